The highest BCUT2D eigenvalue weighted by atomic mass is 16.3. The zero-order valence-corrected chi connectivity index (χ0v) is 8.82. The third-order valence-corrected chi connectivity index (χ3v) is 2.61. The number of benzene rings is 2. The van der Waals surface area contributed by atoms with Crippen LogP contribution in [0.1, 0.15) is 17.3 Å². The van der Waals surface area contributed by atoms with Crippen LogP contribution in [0.15, 0.2) is 24.3 Å². The topological polar surface area (TPSA) is 89.3 Å². The molecule has 0 spiro atoms. The Labute approximate surface area is 92.5 Å². The molecule has 16 heavy (non-hydrogen) atoms. The molecule has 0 amide bonds. The van der Waals surface area contributed by atoms with Gasteiger partial charge in [0.15, 0.2) is 5.78 Å². The quantitative estimate of drug-likeness (QED) is 0.386. The zero-order chi connectivity index (χ0) is 11.9. The van der Waals surface area contributed by atoms with Gasteiger partial charge in [0, 0.05) is 10.9 Å². The lowest BCUT2D eigenvalue weighted by Gasteiger charge is -2.09. The van der Waals surface area contributed by atoms with Crippen molar-refractivity contribution < 1.29 is 9.90 Å². The van der Waals surface area contributed by atoms with Crippen molar-refractivity contribution in [3.63, 3.8) is 0 Å². The molecule has 0 bridgehead atoms. The van der Waals surface area contributed by atoms with E-state index in [1.807, 2.05) is 0 Å². The summed E-state index contributed by atoms with van der Waals surface area (Å²) in [5.41, 5.74) is 12.2. The fraction of sp³-hybridized carbons (Fsp3) is 0.0833. The van der Waals surface area contributed by atoms with E-state index in [0.717, 1.165) is 0 Å². The third kappa shape index (κ3) is 1.35. The van der Waals surface area contributed by atoms with Crippen LogP contribution in [0, 0.1) is 0 Å². The number of aromatic hydroxyl groups is 1. The van der Waals surface area contributed by atoms with Crippen LogP contribution in [-0.2, 0) is 0 Å². The molecule has 0 unspecified atom stereocenters. The predicted molar refractivity (Wildman–Crippen MR) is 64.4 cm³/mol. The number of nitrogens with two attached hydrogens (primary N) is 2. The standard InChI is InChI=1S/C12H12N2O2/c1-6(15)7-3-2-4-8-9(7)5-10(13)11(14)12(8)16/h2-5,16H,13-14H2,1H3. The highest BCUT2D eigenvalue weighted by molar-refractivity contribution is 6.11. The molecule has 0 fully saturated rings. The van der Waals surface area contributed by atoms with E-state index in [4.69, 9.17) is 11.5 Å². The van der Waals surface area contributed by atoms with Gasteiger partial charge in [0.25, 0.3) is 0 Å². The van der Waals surface area contributed by atoms with Crippen molar-refractivity contribution >= 4 is 27.9 Å². The molecule has 2 rings (SSSR count). The monoisotopic (exact) mass is 216 g/mol. The molecule has 0 aliphatic carbocycles. The Morgan fingerprint density at radius 3 is 2.56 bits per heavy atom. The van der Waals surface area contributed by atoms with Gasteiger partial charge in [-0.3, -0.25) is 4.79 Å². The van der Waals surface area contributed by atoms with Gasteiger partial charge in [0.1, 0.15) is 5.75 Å². The van der Waals surface area contributed by atoms with Gasteiger partial charge in [-0.2, -0.15) is 0 Å². The van der Waals surface area contributed by atoms with E-state index in [-0.39, 0.29) is 22.9 Å². The van der Waals surface area contributed by atoms with Crippen molar-refractivity contribution in [3.8, 4) is 5.75 Å². The lowest BCUT2D eigenvalue weighted by Crippen LogP contribution is -1.98. The van der Waals surface area contributed by atoms with Gasteiger partial charge in [-0.25, -0.2) is 0 Å². The Morgan fingerprint density at radius 1 is 1.25 bits per heavy atom. The first-order chi connectivity index (χ1) is 7.52. The van der Waals surface area contributed by atoms with E-state index in [2.05, 4.69) is 0 Å². The van der Waals surface area contributed by atoms with Gasteiger partial charge < -0.3 is 16.6 Å². The number of fused-ring (bicyclic) bond motifs is 1. The first kappa shape index (κ1) is 10.3. The summed E-state index contributed by atoms with van der Waals surface area (Å²) in [5.74, 6) is -0.146. The number of hydrogen-bond donors (Lipinski definition) is 3. The van der Waals surface area contributed by atoms with Crippen LogP contribution in [0.4, 0.5) is 11.4 Å². The maximum absolute atomic E-state index is 11.4. The number of rotatable bonds is 1. The average Bonchev–Trinajstić information content (AvgIpc) is 2.25. The second-order valence-electron chi connectivity index (χ2n) is 3.68. The third-order valence-electron chi connectivity index (χ3n) is 2.61. The van der Waals surface area contributed by atoms with Crippen LogP contribution in [0.2, 0.25) is 0 Å². The number of phenolic OH excluding ortho intramolecular Hbond substituents is 1. The Bertz CT molecular complexity index is 591. The molecule has 2 aromatic carbocycles. The van der Waals surface area contributed by atoms with E-state index in [1.54, 1.807) is 24.3 Å². The summed E-state index contributed by atoms with van der Waals surface area (Å²) in [6.07, 6.45) is 0. The number of carbonyl (C=O) groups excluding carboxylic acids is 1. The lowest BCUT2D eigenvalue weighted by molar-refractivity contribution is 0.101. The summed E-state index contributed by atoms with van der Waals surface area (Å²) in [6, 6.07) is 6.71. The molecular formula is C12H12N2O2. The number of Topliss-reactive ketones (excluding diaryl/α,β-unsaturated/α-hetero) is 1. The lowest BCUT2D eigenvalue weighted by atomic mass is 10.00. The van der Waals surface area contributed by atoms with Crippen LogP contribution in [0.3, 0.4) is 0 Å². The molecule has 5 N–H and O–H groups in total. The maximum Gasteiger partial charge on any atom is 0.160 e. The van der Waals surface area contributed by atoms with Crippen molar-refractivity contribution in [1.29, 1.82) is 0 Å². The fourth-order valence-electron chi connectivity index (χ4n) is 1.75. The normalized spacial score (nSPS) is 10.6. The van der Waals surface area contributed by atoms with Gasteiger partial charge in [-0.1, -0.05) is 18.2 Å². The van der Waals surface area contributed by atoms with Crippen molar-refractivity contribution in [2.75, 3.05) is 11.5 Å². The van der Waals surface area contributed by atoms with Gasteiger partial charge in [-0.15, -0.1) is 0 Å². The molecule has 2 aromatic rings. The van der Waals surface area contributed by atoms with Gasteiger partial charge in [-0.05, 0) is 18.4 Å². The van der Waals surface area contributed by atoms with Crippen LogP contribution >= 0.6 is 0 Å². The molecule has 0 aliphatic heterocycles. The molecule has 0 saturated carbocycles. The van der Waals surface area contributed by atoms with Gasteiger partial charge in [0.05, 0.1) is 11.4 Å². The van der Waals surface area contributed by atoms with E-state index in [1.165, 1.54) is 6.92 Å². The minimum Gasteiger partial charge on any atom is -0.505 e. The minimum absolute atomic E-state index is 0.0712. The molecule has 0 atom stereocenters. The molecule has 4 nitrogen and oxygen atoms in total. The highest BCUT2D eigenvalue weighted by Gasteiger charge is 2.12. The van der Waals surface area contributed by atoms with Crippen LogP contribution in [0.5, 0.6) is 5.75 Å². The smallest absolute Gasteiger partial charge is 0.160 e. The van der Waals surface area contributed by atoms with Crippen molar-refractivity contribution in [3.05, 3.63) is 29.8 Å². The van der Waals surface area contributed by atoms with E-state index in [9.17, 15) is 9.90 Å². The first-order valence-corrected chi connectivity index (χ1v) is 4.83. The Balaban J connectivity index is 2.95. The van der Waals surface area contributed by atoms with Gasteiger partial charge >= 0.3 is 0 Å². The van der Waals surface area contributed by atoms with Crippen LogP contribution < -0.4 is 11.5 Å². The molecule has 0 aromatic heterocycles. The Morgan fingerprint density at radius 2 is 1.94 bits per heavy atom. The Kier molecular flexibility index (Phi) is 2.20. The number of anilines is 2. The van der Waals surface area contributed by atoms with Crippen molar-refractivity contribution in [2.45, 2.75) is 6.92 Å². The van der Waals surface area contributed by atoms with E-state index < -0.39 is 0 Å². The summed E-state index contributed by atoms with van der Waals surface area (Å²) < 4.78 is 0. The predicted octanol–water partition coefficient (Wildman–Crippen LogP) is 1.91. The molecule has 0 saturated heterocycles. The number of carbonyl (C=O) groups is 1. The van der Waals surface area contributed by atoms with Crippen molar-refractivity contribution in [1.82, 2.24) is 0 Å². The number of hydrogen-bond acceptors (Lipinski definition) is 4. The second kappa shape index (κ2) is 3.41. The molecule has 0 aliphatic rings. The number of nitrogen functional groups attached to an aromatic ring is 2. The second-order valence-corrected chi connectivity index (χ2v) is 3.68. The van der Waals surface area contributed by atoms with E-state index in [0.29, 0.717) is 16.3 Å². The number of phenols is 1. The largest absolute Gasteiger partial charge is 0.505 e. The van der Waals surface area contributed by atoms with Gasteiger partial charge in [0.2, 0.25) is 0 Å². The molecule has 0 heterocycles. The number of ketones is 1. The van der Waals surface area contributed by atoms with Crippen LogP contribution in [0.25, 0.3) is 10.8 Å². The zero-order valence-electron chi connectivity index (χ0n) is 8.82. The molecular weight excluding hydrogens is 204 g/mol. The highest BCUT2D eigenvalue weighted by Crippen LogP contribution is 2.36. The Hall–Kier alpha value is -2.23. The summed E-state index contributed by atoms with van der Waals surface area (Å²) in [6.45, 7) is 1.47. The average molecular weight is 216 g/mol. The molecule has 4 heteroatoms. The maximum atomic E-state index is 11.4. The first-order valence-electron chi connectivity index (χ1n) is 4.83. The summed E-state index contributed by atoms with van der Waals surface area (Å²) in [5, 5.41) is 11.0. The summed E-state index contributed by atoms with van der Waals surface area (Å²) in [4.78, 5) is 11.4. The summed E-state index contributed by atoms with van der Waals surface area (Å²) in [7, 11) is 0. The molecule has 0 radical (unpaired) electrons. The van der Waals surface area contributed by atoms with E-state index >= 15 is 0 Å². The summed E-state index contributed by atoms with van der Waals surface area (Å²) >= 11 is 0. The molecule has 82 valence electrons. The minimum atomic E-state index is -0.0748. The van der Waals surface area contributed by atoms with Crippen molar-refractivity contribution in [2.24, 2.45) is 0 Å². The van der Waals surface area contributed by atoms with Crippen LogP contribution in [-0.4, -0.2) is 10.9 Å². The fourth-order valence-corrected chi connectivity index (χ4v) is 1.75. The SMILES string of the molecule is CC(=O)c1cccc2c(O)c(N)c(N)cc12.